The van der Waals surface area contributed by atoms with Gasteiger partial charge >= 0.3 is 0 Å². The number of halogens is 1. The van der Waals surface area contributed by atoms with Crippen LogP contribution in [0.15, 0.2) is 72.1 Å². The Morgan fingerprint density at radius 2 is 1.59 bits per heavy atom. The normalized spacial score (nSPS) is 10.7. The highest BCUT2D eigenvalue weighted by Crippen LogP contribution is 2.34. The highest BCUT2D eigenvalue weighted by Gasteiger charge is 2.11. The molecule has 3 aromatic carbocycles. The van der Waals surface area contributed by atoms with E-state index in [-0.39, 0.29) is 5.91 Å². The number of aromatic nitrogens is 1. The van der Waals surface area contributed by atoms with Gasteiger partial charge in [0.25, 0.3) is 0 Å². The zero-order valence-corrected chi connectivity index (χ0v) is 20.6. The molecule has 0 fully saturated rings. The number of benzene rings is 3. The van der Waals surface area contributed by atoms with Crippen molar-refractivity contribution in [3.8, 4) is 33.3 Å². The fourth-order valence-corrected chi connectivity index (χ4v) is 4.46. The third-order valence-electron chi connectivity index (χ3n) is 5.43. The molecule has 0 saturated heterocycles. The van der Waals surface area contributed by atoms with Crippen LogP contribution in [-0.2, 0) is 17.8 Å². The van der Waals surface area contributed by atoms with Crippen LogP contribution in [0.5, 0.6) is 11.5 Å². The van der Waals surface area contributed by atoms with Crippen molar-refractivity contribution < 1.29 is 14.3 Å². The van der Waals surface area contributed by atoms with Crippen LogP contribution < -0.4 is 14.8 Å². The van der Waals surface area contributed by atoms with Gasteiger partial charge in [-0.2, -0.15) is 0 Å². The van der Waals surface area contributed by atoms with Gasteiger partial charge in [-0.1, -0.05) is 48.0 Å². The van der Waals surface area contributed by atoms with Gasteiger partial charge in [0.1, 0.15) is 5.01 Å². The molecule has 0 bridgehead atoms. The minimum Gasteiger partial charge on any atom is -0.493 e. The molecule has 0 saturated carbocycles. The van der Waals surface area contributed by atoms with Crippen molar-refractivity contribution in [2.45, 2.75) is 19.4 Å². The first kappa shape index (κ1) is 23.8. The summed E-state index contributed by atoms with van der Waals surface area (Å²) in [6, 6.07) is 21.5. The van der Waals surface area contributed by atoms with Crippen LogP contribution in [0.25, 0.3) is 21.8 Å². The lowest BCUT2D eigenvalue weighted by Crippen LogP contribution is -2.22. The van der Waals surface area contributed by atoms with Crippen LogP contribution in [0, 0.1) is 0 Å². The first-order valence-corrected chi connectivity index (χ1v) is 12.1. The minimum absolute atomic E-state index is 0.0264. The van der Waals surface area contributed by atoms with E-state index in [0.717, 1.165) is 33.0 Å². The predicted octanol–water partition coefficient (Wildman–Crippen LogP) is 6.40. The Hall–Kier alpha value is -3.35. The quantitative estimate of drug-likeness (QED) is 0.294. The molecule has 0 unspecified atom stereocenters. The Balaban J connectivity index is 1.33. The van der Waals surface area contributed by atoms with E-state index in [9.17, 15) is 4.79 Å². The summed E-state index contributed by atoms with van der Waals surface area (Å²) in [4.78, 5) is 17.0. The van der Waals surface area contributed by atoms with Crippen LogP contribution in [0.1, 0.15) is 17.5 Å². The van der Waals surface area contributed by atoms with Crippen LogP contribution in [0.4, 0.5) is 0 Å². The summed E-state index contributed by atoms with van der Waals surface area (Å²) in [6.07, 6.45) is 1.13. The second kappa shape index (κ2) is 11.2. The number of amides is 1. The van der Waals surface area contributed by atoms with E-state index in [0.29, 0.717) is 35.9 Å². The van der Waals surface area contributed by atoms with Gasteiger partial charge in [0.2, 0.25) is 5.91 Å². The van der Waals surface area contributed by atoms with Gasteiger partial charge in [-0.3, -0.25) is 4.79 Å². The van der Waals surface area contributed by atoms with Gasteiger partial charge in [0, 0.05) is 34.5 Å². The van der Waals surface area contributed by atoms with Crippen LogP contribution in [0.3, 0.4) is 0 Å². The molecule has 0 aliphatic heterocycles. The number of aryl methyl sites for hydroxylation is 1. The molecule has 0 atom stereocenters. The predicted molar refractivity (Wildman–Crippen MR) is 138 cm³/mol. The van der Waals surface area contributed by atoms with E-state index in [1.807, 2.05) is 72.1 Å². The summed E-state index contributed by atoms with van der Waals surface area (Å²) in [7, 11) is 3.24. The topological polar surface area (TPSA) is 60.5 Å². The molecule has 1 N–H and O–H groups in total. The third kappa shape index (κ3) is 5.95. The van der Waals surface area contributed by atoms with Crippen molar-refractivity contribution in [2.75, 3.05) is 14.2 Å². The summed E-state index contributed by atoms with van der Waals surface area (Å²) in [5.74, 6) is 1.39. The fourth-order valence-electron chi connectivity index (χ4n) is 3.50. The molecule has 34 heavy (non-hydrogen) atoms. The number of hydrogen-bond donors (Lipinski definition) is 1. The van der Waals surface area contributed by atoms with Gasteiger partial charge < -0.3 is 14.8 Å². The molecule has 1 amide bonds. The number of methoxy groups -OCH3 is 2. The molecule has 0 spiro atoms. The van der Waals surface area contributed by atoms with Crippen LogP contribution >= 0.6 is 22.9 Å². The molecule has 0 aliphatic carbocycles. The molecule has 1 aromatic heterocycles. The molecule has 4 rings (SSSR count). The first-order valence-electron chi connectivity index (χ1n) is 10.8. The van der Waals surface area contributed by atoms with Gasteiger partial charge in [-0.15, -0.1) is 11.3 Å². The zero-order chi connectivity index (χ0) is 23.9. The molecule has 5 nitrogen and oxygen atoms in total. The smallest absolute Gasteiger partial charge is 0.220 e. The van der Waals surface area contributed by atoms with E-state index < -0.39 is 0 Å². The lowest BCUT2D eigenvalue weighted by atomic mass is 10.1. The zero-order valence-electron chi connectivity index (χ0n) is 19.0. The van der Waals surface area contributed by atoms with Crippen LogP contribution in [-0.4, -0.2) is 25.1 Å². The second-order valence-electron chi connectivity index (χ2n) is 7.71. The number of hydrogen-bond acceptors (Lipinski definition) is 5. The van der Waals surface area contributed by atoms with Crippen molar-refractivity contribution in [1.82, 2.24) is 10.3 Å². The van der Waals surface area contributed by atoms with Gasteiger partial charge in [0.15, 0.2) is 11.5 Å². The van der Waals surface area contributed by atoms with Gasteiger partial charge in [-0.25, -0.2) is 4.98 Å². The Morgan fingerprint density at radius 3 is 2.29 bits per heavy atom. The summed E-state index contributed by atoms with van der Waals surface area (Å²) in [5, 5.41) is 6.65. The maximum absolute atomic E-state index is 12.2. The Morgan fingerprint density at radius 1 is 0.912 bits per heavy atom. The molecule has 0 radical (unpaired) electrons. The second-order valence-corrected chi connectivity index (χ2v) is 9.00. The summed E-state index contributed by atoms with van der Waals surface area (Å²) >= 11 is 7.49. The lowest BCUT2D eigenvalue weighted by Gasteiger charge is -2.08. The Bertz CT molecular complexity index is 1250. The molecule has 0 aliphatic rings. The van der Waals surface area contributed by atoms with E-state index >= 15 is 0 Å². The van der Waals surface area contributed by atoms with Crippen molar-refractivity contribution in [3.63, 3.8) is 0 Å². The number of nitrogens with zero attached hydrogens (tertiary/aromatic N) is 1. The number of carbonyl (C=O) groups excluding carboxylic acids is 1. The highest BCUT2D eigenvalue weighted by molar-refractivity contribution is 7.13. The van der Waals surface area contributed by atoms with Crippen LogP contribution in [0.2, 0.25) is 5.02 Å². The minimum atomic E-state index is 0.0264. The standard InChI is InChI=1S/C27H25ClN2O3S/c1-32-24-13-10-21(15-25(24)33-2)23-17-34-27(30-23)20-8-3-19(4-9-20)16-29-26(31)14-7-18-5-11-22(28)12-6-18/h3-6,8-13,15,17H,7,14,16H2,1-2H3,(H,29,31). The molecule has 4 aromatic rings. The molecule has 7 heteroatoms. The number of carbonyl (C=O) groups is 1. The maximum atomic E-state index is 12.2. The van der Waals surface area contributed by atoms with E-state index in [4.69, 9.17) is 26.1 Å². The van der Waals surface area contributed by atoms with E-state index in [1.54, 1.807) is 25.6 Å². The first-order chi connectivity index (χ1) is 16.6. The molecule has 1 heterocycles. The third-order valence-corrected chi connectivity index (χ3v) is 6.57. The van der Waals surface area contributed by atoms with Crippen molar-refractivity contribution in [1.29, 1.82) is 0 Å². The average molecular weight is 493 g/mol. The fraction of sp³-hybridized carbons (Fsp3) is 0.185. The Labute approximate surface area is 208 Å². The summed E-state index contributed by atoms with van der Waals surface area (Å²) in [5.41, 5.74) is 5.03. The SMILES string of the molecule is COc1ccc(-c2csc(-c3ccc(CNC(=O)CCc4ccc(Cl)cc4)cc3)n2)cc1OC. The molecule has 174 valence electrons. The average Bonchev–Trinajstić information content (AvgIpc) is 3.37. The number of rotatable bonds is 9. The number of ether oxygens (including phenoxy) is 2. The summed E-state index contributed by atoms with van der Waals surface area (Å²) < 4.78 is 10.7. The van der Waals surface area contributed by atoms with E-state index in [2.05, 4.69) is 5.32 Å². The lowest BCUT2D eigenvalue weighted by molar-refractivity contribution is -0.121. The number of thiazole rings is 1. The largest absolute Gasteiger partial charge is 0.493 e. The summed E-state index contributed by atoms with van der Waals surface area (Å²) in [6.45, 7) is 0.495. The monoisotopic (exact) mass is 492 g/mol. The highest BCUT2D eigenvalue weighted by atomic mass is 35.5. The molecular weight excluding hydrogens is 468 g/mol. The van der Waals surface area contributed by atoms with Crippen molar-refractivity contribution >= 4 is 28.8 Å². The van der Waals surface area contributed by atoms with Gasteiger partial charge in [0.05, 0.1) is 19.9 Å². The number of nitrogens with one attached hydrogen (secondary N) is 1. The van der Waals surface area contributed by atoms with Crippen molar-refractivity contribution in [3.05, 3.63) is 88.3 Å². The van der Waals surface area contributed by atoms with Crippen molar-refractivity contribution in [2.24, 2.45) is 0 Å². The maximum Gasteiger partial charge on any atom is 0.220 e. The molecular formula is C27H25ClN2O3S. The van der Waals surface area contributed by atoms with E-state index in [1.165, 1.54) is 0 Å². The Kier molecular flexibility index (Phi) is 7.83. The van der Waals surface area contributed by atoms with Gasteiger partial charge in [-0.05, 0) is 47.9 Å².